The van der Waals surface area contributed by atoms with Crippen LogP contribution in [0.1, 0.15) is 6.92 Å². The molecule has 0 aliphatic carbocycles. The second-order valence-corrected chi connectivity index (χ2v) is 2.69. The van der Waals surface area contributed by atoms with Crippen LogP contribution in [0.4, 0.5) is 0 Å². The molecule has 60 valence electrons. The molecule has 0 heterocycles. The molecule has 0 aromatic carbocycles. The van der Waals surface area contributed by atoms with Crippen molar-refractivity contribution in [2.75, 3.05) is 27.7 Å². The van der Waals surface area contributed by atoms with Crippen LogP contribution < -0.4 is 5.32 Å². The molecule has 0 fully saturated rings. The van der Waals surface area contributed by atoms with Crippen molar-refractivity contribution >= 4 is 5.91 Å². The highest BCUT2D eigenvalue weighted by Gasteiger charge is 2.12. The van der Waals surface area contributed by atoms with E-state index in [4.69, 9.17) is 0 Å². The molecule has 3 heteroatoms. The molecule has 0 bridgehead atoms. The number of carbonyl (C=O) groups excluding carboxylic acids is 1. The van der Waals surface area contributed by atoms with Crippen molar-refractivity contribution < 1.29 is 4.79 Å². The van der Waals surface area contributed by atoms with E-state index >= 15 is 0 Å². The van der Waals surface area contributed by atoms with Crippen LogP contribution >= 0.6 is 0 Å². The SMILES string of the molecule is CNC[C@H](C)C(=O)N(C)C. The first-order valence-electron chi connectivity index (χ1n) is 3.45. The van der Waals surface area contributed by atoms with Crippen LogP contribution in [-0.4, -0.2) is 38.5 Å². The molecule has 3 nitrogen and oxygen atoms in total. The van der Waals surface area contributed by atoms with Gasteiger partial charge in [-0.2, -0.15) is 0 Å². The van der Waals surface area contributed by atoms with Gasteiger partial charge < -0.3 is 10.2 Å². The van der Waals surface area contributed by atoms with Gasteiger partial charge in [0, 0.05) is 26.6 Å². The molecule has 0 spiro atoms. The Morgan fingerprint density at radius 3 is 2.40 bits per heavy atom. The Morgan fingerprint density at radius 1 is 1.60 bits per heavy atom. The molecular formula is C7H16N2O. The minimum absolute atomic E-state index is 0.0833. The summed E-state index contributed by atoms with van der Waals surface area (Å²) < 4.78 is 0. The van der Waals surface area contributed by atoms with Crippen LogP contribution in [0.3, 0.4) is 0 Å². The van der Waals surface area contributed by atoms with Crippen LogP contribution in [0, 0.1) is 5.92 Å². The molecule has 0 saturated carbocycles. The van der Waals surface area contributed by atoms with Crippen LogP contribution in [0.5, 0.6) is 0 Å². The third-order valence-corrected chi connectivity index (χ3v) is 1.37. The molecule has 0 saturated heterocycles. The maximum Gasteiger partial charge on any atom is 0.226 e. The average molecular weight is 144 g/mol. The second-order valence-electron chi connectivity index (χ2n) is 2.69. The molecule has 10 heavy (non-hydrogen) atoms. The maximum atomic E-state index is 11.1. The number of rotatable bonds is 3. The lowest BCUT2D eigenvalue weighted by molar-refractivity contribution is -0.132. The van der Waals surface area contributed by atoms with E-state index in [-0.39, 0.29) is 11.8 Å². The minimum Gasteiger partial charge on any atom is -0.349 e. The normalized spacial score (nSPS) is 12.8. The largest absolute Gasteiger partial charge is 0.349 e. The van der Waals surface area contributed by atoms with E-state index in [1.807, 2.05) is 14.0 Å². The van der Waals surface area contributed by atoms with E-state index in [0.717, 1.165) is 6.54 Å². The van der Waals surface area contributed by atoms with Gasteiger partial charge in [-0.3, -0.25) is 4.79 Å². The first-order valence-corrected chi connectivity index (χ1v) is 3.45. The Morgan fingerprint density at radius 2 is 2.10 bits per heavy atom. The van der Waals surface area contributed by atoms with E-state index in [9.17, 15) is 4.79 Å². The van der Waals surface area contributed by atoms with Gasteiger partial charge in [0.2, 0.25) is 5.91 Å². The molecule has 0 unspecified atom stereocenters. The van der Waals surface area contributed by atoms with Gasteiger partial charge >= 0.3 is 0 Å². The predicted octanol–water partition coefficient (Wildman–Crippen LogP) is -0.0699. The van der Waals surface area contributed by atoms with E-state index in [2.05, 4.69) is 5.32 Å². The van der Waals surface area contributed by atoms with Crippen molar-refractivity contribution in [1.29, 1.82) is 0 Å². The van der Waals surface area contributed by atoms with Gasteiger partial charge in [0.15, 0.2) is 0 Å². The van der Waals surface area contributed by atoms with Crippen LogP contribution in [-0.2, 0) is 4.79 Å². The molecule has 0 aliphatic rings. The number of amides is 1. The Kier molecular flexibility index (Phi) is 4.03. The van der Waals surface area contributed by atoms with E-state index in [0.29, 0.717) is 0 Å². The topological polar surface area (TPSA) is 32.3 Å². The van der Waals surface area contributed by atoms with Crippen molar-refractivity contribution in [3.8, 4) is 0 Å². The summed E-state index contributed by atoms with van der Waals surface area (Å²) in [6.07, 6.45) is 0. The first kappa shape index (κ1) is 9.43. The molecule has 1 atom stereocenters. The third-order valence-electron chi connectivity index (χ3n) is 1.37. The van der Waals surface area contributed by atoms with E-state index in [1.165, 1.54) is 0 Å². The number of nitrogens with one attached hydrogen (secondary N) is 1. The lowest BCUT2D eigenvalue weighted by Crippen LogP contribution is -2.33. The van der Waals surface area contributed by atoms with Gasteiger partial charge in [0.25, 0.3) is 0 Å². The molecule has 0 rings (SSSR count). The molecular weight excluding hydrogens is 128 g/mol. The highest BCUT2D eigenvalue weighted by atomic mass is 16.2. The Labute approximate surface area is 62.4 Å². The van der Waals surface area contributed by atoms with Crippen molar-refractivity contribution in [2.45, 2.75) is 6.92 Å². The summed E-state index contributed by atoms with van der Waals surface area (Å²) in [5, 5.41) is 2.96. The number of carbonyl (C=O) groups is 1. The second kappa shape index (κ2) is 4.28. The molecule has 1 amide bonds. The molecule has 0 aromatic rings. The highest BCUT2D eigenvalue weighted by Crippen LogP contribution is 1.95. The summed E-state index contributed by atoms with van der Waals surface area (Å²) in [6.45, 7) is 2.66. The summed E-state index contributed by atoms with van der Waals surface area (Å²) in [6, 6.07) is 0. The first-order chi connectivity index (χ1) is 4.59. The van der Waals surface area contributed by atoms with Gasteiger partial charge in [-0.05, 0) is 7.05 Å². The zero-order valence-corrected chi connectivity index (χ0v) is 7.14. The monoisotopic (exact) mass is 144 g/mol. The van der Waals surface area contributed by atoms with Crippen molar-refractivity contribution in [3.05, 3.63) is 0 Å². The van der Waals surface area contributed by atoms with Crippen molar-refractivity contribution in [2.24, 2.45) is 5.92 Å². The zero-order chi connectivity index (χ0) is 8.15. The Hall–Kier alpha value is -0.570. The van der Waals surface area contributed by atoms with Gasteiger partial charge in [-0.15, -0.1) is 0 Å². The molecule has 0 aliphatic heterocycles. The van der Waals surface area contributed by atoms with E-state index in [1.54, 1.807) is 19.0 Å². The van der Waals surface area contributed by atoms with Gasteiger partial charge in [-0.25, -0.2) is 0 Å². The fourth-order valence-electron chi connectivity index (χ4n) is 0.834. The predicted molar refractivity (Wildman–Crippen MR) is 41.8 cm³/mol. The third kappa shape index (κ3) is 2.82. The van der Waals surface area contributed by atoms with Crippen LogP contribution in [0.25, 0.3) is 0 Å². The molecule has 1 N–H and O–H groups in total. The quantitative estimate of drug-likeness (QED) is 0.601. The summed E-state index contributed by atoms with van der Waals surface area (Å²) in [7, 11) is 5.39. The molecule has 0 radical (unpaired) electrons. The van der Waals surface area contributed by atoms with Crippen molar-refractivity contribution in [1.82, 2.24) is 10.2 Å². The lowest BCUT2D eigenvalue weighted by Gasteiger charge is -2.15. The summed E-state index contributed by atoms with van der Waals surface area (Å²) >= 11 is 0. The zero-order valence-electron chi connectivity index (χ0n) is 7.14. The summed E-state index contributed by atoms with van der Waals surface area (Å²) in [4.78, 5) is 12.7. The average Bonchev–Trinajstić information content (AvgIpc) is 1.87. The fraction of sp³-hybridized carbons (Fsp3) is 0.857. The maximum absolute atomic E-state index is 11.1. The highest BCUT2D eigenvalue weighted by molar-refractivity contribution is 5.78. The number of hydrogen-bond donors (Lipinski definition) is 1. The van der Waals surface area contributed by atoms with Gasteiger partial charge in [0.05, 0.1) is 0 Å². The van der Waals surface area contributed by atoms with Gasteiger partial charge in [0.1, 0.15) is 0 Å². The lowest BCUT2D eigenvalue weighted by atomic mass is 10.1. The van der Waals surface area contributed by atoms with Crippen LogP contribution in [0.2, 0.25) is 0 Å². The Bertz CT molecular complexity index is 112. The smallest absolute Gasteiger partial charge is 0.226 e. The van der Waals surface area contributed by atoms with Crippen molar-refractivity contribution in [3.63, 3.8) is 0 Å². The number of hydrogen-bond acceptors (Lipinski definition) is 2. The Balaban J connectivity index is 3.71. The minimum atomic E-state index is 0.0833. The fourth-order valence-corrected chi connectivity index (χ4v) is 0.834. The summed E-state index contributed by atoms with van der Waals surface area (Å²) in [5.41, 5.74) is 0. The van der Waals surface area contributed by atoms with Crippen LogP contribution in [0.15, 0.2) is 0 Å². The molecule has 0 aromatic heterocycles. The van der Waals surface area contributed by atoms with Gasteiger partial charge in [-0.1, -0.05) is 6.92 Å². The summed E-state index contributed by atoms with van der Waals surface area (Å²) in [5.74, 6) is 0.259. The standard InChI is InChI=1S/C7H16N2O/c1-6(5-8-2)7(10)9(3)4/h6,8H,5H2,1-4H3/t6-/m0/s1. The van der Waals surface area contributed by atoms with E-state index < -0.39 is 0 Å². The number of nitrogens with zero attached hydrogens (tertiary/aromatic N) is 1.